The van der Waals surface area contributed by atoms with Crippen LogP contribution in [0, 0.1) is 6.92 Å². The predicted molar refractivity (Wildman–Crippen MR) is 124 cm³/mol. The van der Waals surface area contributed by atoms with Crippen LogP contribution in [-0.2, 0) is 16.1 Å². The molecule has 1 N–H and O–H groups in total. The van der Waals surface area contributed by atoms with Crippen LogP contribution in [0.4, 0.5) is 0 Å². The first-order chi connectivity index (χ1) is 15.0. The number of rotatable bonds is 9. The Hall–Kier alpha value is -3.34. The number of aryl methyl sites for hydroxylation is 1. The van der Waals surface area contributed by atoms with Crippen molar-refractivity contribution >= 4 is 22.6 Å². The highest BCUT2D eigenvalue weighted by atomic mass is 16.5. The molecule has 5 heteroatoms. The highest BCUT2D eigenvalue weighted by molar-refractivity contribution is 5.90. The molecule has 3 rings (SSSR count). The first kappa shape index (κ1) is 22.3. The summed E-state index contributed by atoms with van der Waals surface area (Å²) < 4.78 is 5.91. The number of fused-ring (bicyclic) bond motifs is 1. The second kappa shape index (κ2) is 10.6. The van der Waals surface area contributed by atoms with Crippen molar-refractivity contribution in [3.05, 3.63) is 77.9 Å². The first-order valence-corrected chi connectivity index (χ1v) is 10.7. The quantitative estimate of drug-likeness (QED) is 0.558. The van der Waals surface area contributed by atoms with E-state index in [1.807, 2.05) is 80.6 Å². The lowest BCUT2D eigenvalue weighted by Crippen LogP contribution is -2.49. The average Bonchev–Trinajstić information content (AvgIpc) is 2.79. The molecule has 0 saturated heterocycles. The zero-order valence-corrected chi connectivity index (χ0v) is 18.4. The summed E-state index contributed by atoms with van der Waals surface area (Å²) in [6, 6.07) is 21.0. The zero-order chi connectivity index (χ0) is 22.2. The molecular weight excluding hydrogens is 388 g/mol. The minimum absolute atomic E-state index is 0.134. The number of ether oxygens (including phenoxy) is 1. The minimum Gasteiger partial charge on any atom is -0.483 e. The summed E-state index contributed by atoms with van der Waals surface area (Å²) in [5.74, 6) is 0.270. The molecule has 0 spiro atoms. The number of amides is 2. The number of nitrogens with zero attached hydrogens (tertiary/aromatic N) is 1. The van der Waals surface area contributed by atoms with Gasteiger partial charge >= 0.3 is 0 Å². The van der Waals surface area contributed by atoms with E-state index in [9.17, 15) is 9.59 Å². The highest BCUT2D eigenvalue weighted by Crippen LogP contribution is 2.25. The number of hydrogen-bond acceptors (Lipinski definition) is 3. The number of hydrogen-bond donors (Lipinski definition) is 1. The molecule has 3 aromatic rings. The molecule has 2 amide bonds. The molecule has 0 saturated carbocycles. The van der Waals surface area contributed by atoms with Gasteiger partial charge in [-0.25, -0.2) is 0 Å². The molecule has 0 heterocycles. The molecule has 0 aliphatic rings. The Morgan fingerprint density at radius 3 is 2.55 bits per heavy atom. The predicted octanol–water partition coefficient (Wildman–Crippen LogP) is 4.47. The van der Waals surface area contributed by atoms with E-state index in [4.69, 9.17) is 4.74 Å². The van der Waals surface area contributed by atoms with Crippen molar-refractivity contribution in [2.75, 3.05) is 13.2 Å². The van der Waals surface area contributed by atoms with E-state index >= 15 is 0 Å². The van der Waals surface area contributed by atoms with Crippen molar-refractivity contribution < 1.29 is 14.3 Å². The highest BCUT2D eigenvalue weighted by Gasteiger charge is 2.26. The fourth-order valence-electron chi connectivity index (χ4n) is 3.53. The van der Waals surface area contributed by atoms with Crippen molar-refractivity contribution in [3.8, 4) is 5.75 Å². The Morgan fingerprint density at radius 2 is 1.77 bits per heavy atom. The smallest absolute Gasteiger partial charge is 0.261 e. The van der Waals surface area contributed by atoms with E-state index in [-0.39, 0.29) is 18.4 Å². The van der Waals surface area contributed by atoms with Crippen molar-refractivity contribution in [2.45, 2.75) is 39.8 Å². The summed E-state index contributed by atoms with van der Waals surface area (Å²) >= 11 is 0. The van der Waals surface area contributed by atoms with Crippen LogP contribution in [0.2, 0.25) is 0 Å². The number of nitrogens with one attached hydrogen (secondary N) is 1. The topological polar surface area (TPSA) is 58.6 Å². The van der Waals surface area contributed by atoms with Gasteiger partial charge in [0.15, 0.2) is 6.61 Å². The Balaban J connectivity index is 1.78. The molecule has 1 atom stereocenters. The summed E-state index contributed by atoms with van der Waals surface area (Å²) in [5.41, 5.74) is 2.09. The van der Waals surface area contributed by atoms with Crippen LogP contribution in [0.5, 0.6) is 5.75 Å². The third-order valence-electron chi connectivity index (χ3n) is 5.25. The zero-order valence-electron chi connectivity index (χ0n) is 18.4. The van der Waals surface area contributed by atoms with Crippen molar-refractivity contribution in [1.82, 2.24) is 10.2 Å². The van der Waals surface area contributed by atoms with Gasteiger partial charge in [-0.2, -0.15) is 0 Å². The summed E-state index contributed by atoms with van der Waals surface area (Å²) in [6.07, 6.45) is 0.842. The first-order valence-electron chi connectivity index (χ1n) is 10.7. The number of benzene rings is 3. The molecule has 0 bridgehead atoms. The third-order valence-corrected chi connectivity index (χ3v) is 5.25. The molecule has 0 unspecified atom stereocenters. The second-order valence-electron chi connectivity index (χ2n) is 7.74. The van der Waals surface area contributed by atoms with E-state index in [0.717, 1.165) is 28.3 Å². The number of carbonyl (C=O) groups is 2. The SMILES string of the molecule is CCCNC(=O)[C@H](C)N(Cc1cccc(C)c1)C(=O)COc1cccc2ccccc12. The van der Waals surface area contributed by atoms with Gasteiger partial charge in [0.1, 0.15) is 11.8 Å². The molecule has 0 radical (unpaired) electrons. The number of carbonyl (C=O) groups excluding carboxylic acids is 2. The van der Waals surface area contributed by atoms with E-state index in [1.54, 1.807) is 11.8 Å². The Labute approximate surface area is 184 Å². The summed E-state index contributed by atoms with van der Waals surface area (Å²) in [4.78, 5) is 27.4. The fourth-order valence-corrected chi connectivity index (χ4v) is 3.53. The Bertz CT molecular complexity index is 1040. The van der Waals surface area contributed by atoms with Gasteiger partial charge in [-0.05, 0) is 37.3 Å². The van der Waals surface area contributed by atoms with Crippen LogP contribution in [0.25, 0.3) is 10.8 Å². The Morgan fingerprint density at radius 1 is 1.03 bits per heavy atom. The van der Waals surface area contributed by atoms with Crippen LogP contribution >= 0.6 is 0 Å². The van der Waals surface area contributed by atoms with Crippen molar-refractivity contribution in [3.63, 3.8) is 0 Å². The van der Waals surface area contributed by atoms with Gasteiger partial charge in [0.25, 0.3) is 5.91 Å². The van der Waals surface area contributed by atoms with Crippen molar-refractivity contribution in [2.24, 2.45) is 0 Å². The van der Waals surface area contributed by atoms with Crippen LogP contribution in [-0.4, -0.2) is 35.9 Å². The lowest BCUT2D eigenvalue weighted by atomic mass is 10.1. The monoisotopic (exact) mass is 418 g/mol. The van der Waals surface area contributed by atoms with Gasteiger partial charge in [0.2, 0.25) is 5.91 Å². The molecular formula is C26H30N2O3. The standard InChI is InChI=1S/C26H30N2O3/c1-4-15-27-26(30)20(3)28(17-21-10-7-9-19(2)16-21)25(29)18-31-24-14-8-12-22-11-5-6-13-23(22)24/h5-14,16,20H,4,15,17-18H2,1-3H3,(H,27,30)/t20-/m0/s1. The second-order valence-corrected chi connectivity index (χ2v) is 7.74. The van der Waals surface area contributed by atoms with Gasteiger partial charge < -0.3 is 15.0 Å². The minimum atomic E-state index is -0.601. The van der Waals surface area contributed by atoms with Gasteiger partial charge in [-0.15, -0.1) is 0 Å². The van der Waals surface area contributed by atoms with Gasteiger partial charge in [0, 0.05) is 18.5 Å². The normalized spacial score (nSPS) is 11.7. The fraction of sp³-hybridized carbons (Fsp3) is 0.308. The van der Waals surface area contributed by atoms with Gasteiger partial charge in [0.05, 0.1) is 0 Å². The summed E-state index contributed by atoms with van der Waals surface area (Å²) in [6.45, 7) is 6.57. The molecule has 3 aromatic carbocycles. The molecule has 0 aliphatic carbocycles. The van der Waals surface area contributed by atoms with Crippen LogP contribution in [0.3, 0.4) is 0 Å². The summed E-state index contributed by atoms with van der Waals surface area (Å²) in [5, 5.41) is 4.90. The molecule has 5 nitrogen and oxygen atoms in total. The lowest BCUT2D eigenvalue weighted by Gasteiger charge is -2.29. The van der Waals surface area contributed by atoms with Gasteiger partial charge in [-0.3, -0.25) is 9.59 Å². The van der Waals surface area contributed by atoms with Crippen LogP contribution in [0.15, 0.2) is 66.7 Å². The van der Waals surface area contributed by atoms with E-state index in [2.05, 4.69) is 5.32 Å². The molecule has 0 aromatic heterocycles. The van der Waals surface area contributed by atoms with Crippen LogP contribution < -0.4 is 10.1 Å². The molecule has 31 heavy (non-hydrogen) atoms. The molecule has 162 valence electrons. The molecule has 0 aliphatic heterocycles. The largest absolute Gasteiger partial charge is 0.483 e. The maximum absolute atomic E-state index is 13.2. The van der Waals surface area contributed by atoms with Crippen molar-refractivity contribution in [1.29, 1.82) is 0 Å². The Kier molecular flexibility index (Phi) is 7.65. The third kappa shape index (κ3) is 5.85. The van der Waals surface area contributed by atoms with Crippen LogP contribution in [0.1, 0.15) is 31.4 Å². The van der Waals surface area contributed by atoms with E-state index in [0.29, 0.717) is 18.8 Å². The maximum atomic E-state index is 13.2. The maximum Gasteiger partial charge on any atom is 0.261 e. The van der Waals surface area contributed by atoms with Gasteiger partial charge in [-0.1, -0.05) is 73.2 Å². The molecule has 0 fully saturated rings. The summed E-state index contributed by atoms with van der Waals surface area (Å²) in [7, 11) is 0. The van der Waals surface area contributed by atoms with E-state index in [1.165, 1.54) is 0 Å². The lowest BCUT2D eigenvalue weighted by molar-refractivity contribution is -0.142. The van der Waals surface area contributed by atoms with E-state index < -0.39 is 6.04 Å². The average molecular weight is 419 g/mol.